The number of carbonyl (C=O) groups excluding carboxylic acids is 1. The van der Waals surface area contributed by atoms with E-state index in [-0.39, 0.29) is 35.3 Å². The lowest BCUT2D eigenvalue weighted by atomic mass is 9.76. The summed E-state index contributed by atoms with van der Waals surface area (Å²) in [4.78, 5) is 31.2. The summed E-state index contributed by atoms with van der Waals surface area (Å²) >= 11 is 0. The highest BCUT2D eigenvalue weighted by Crippen LogP contribution is 2.35. The molecule has 3 aromatic rings. The summed E-state index contributed by atoms with van der Waals surface area (Å²) in [7, 11) is 5.17. The zero-order valence-electron chi connectivity index (χ0n) is 21.8. The zero-order valence-corrected chi connectivity index (χ0v) is 21.8. The van der Waals surface area contributed by atoms with E-state index >= 15 is 0 Å². The highest BCUT2D eigenvalue weighted by atomic mass is 16.5. The van der Waals surface area contributed by atoms with E-state index in [2.05, 4.69) is 26.0 Å². The number of nitrogens with zero attached hydrogens (tertiary/aromatic N) is 4. The van der Waals surface area contributed by atoms with Gasteiger partial charge in [-0.25, -0.2) is 4.98 Å². The molecular weight excluding hydrogens is 474 g/mol. The Morgan fingerprint density at radius 1 is 1.19 bits per heavy atom. The number of rotatable bonds is 8. The first-order valence-corrected chi connectivity index (χ1v) is 12.8. The van der Waals surface area contributed by atoms with E-state index in [9.17, 15) is 9.59 Å². The van der Waals surface area contributed by atoms with Crippen LogP contribution in [0.5, 0.6) is 0 Å². The summed E-state index contributed by atoms with van der Waals surface area (Å²) in [6, 6.07) is 5.44. The largest absolute Gasteiger partial charge is 0.381 e. The van der Waals surface area contributed by atoms with Crippen LogP contribution >= 0.6 is 0 Å². The maximum Gasteiger partial charge on any atom is 0.274 e. The summed E-state index contributed by atoms with van der Waals surface area (Å²) in [6.07, 6.45) is 9.02. The fourth-order valence-corrected chi connectivity index (χ4v) is 5.36. The molecule has 0 spiro atoms. The van der Waals surface area contributed by atoms with Gasteiger partial charge in [-0.3, -0.25) is 9.59 Å². The number of methoxy groups -OCH3 is 2. The van der Waals surface area contributed by atoms with Gasteiger partial charge in [-0.15, -0.1) is 0 Å². The number of pyridine rings is 1. The van der Waals surface area contributed by atoms with Crippen LogP contribution in [0, 0.1) is 0 Å². The Balaban J connectivity index is 1.41. The second-order valence-corrected chi connectivity index (χ2v) is 10.1. The Kier molecular flexibility index (Phi) is 6.91. The van der Waals surface area contributed by atoms with Crippen molar-refractivity contribution in [1.82, 2.24) is 24.5 Å². The Labute approximate surface area is 215 Å². The first-order chi connectivity index (χ1) is 17.9. The van der Waals surface area contributed by atoms with Gasteiger partial charge in [-0.1, -0.05) is 0 Å². The molecule has 5 rings (SSSR count). The van der Waals surface area contributed by atoms with E-state index in [0.29, 0.717) is 28.5 Å². The van der Waals surface area contributed by atoms with Gasteiger partial charge in [0.2, 0.25) is 0 Å². The molecule has 3 heterocycles. The summed E-state index contributed by atoms with van der Waals surface area (Å²) in [6.45, 7) is 1.99. The Bertz CT molecular complexity index is 1340. The fraction of sp³-hybridized carbons (Fsp3) is 0.538. The average Bonchev–Trinajstić information content (AvgIpc) is 3.35. The molecule has 0 bridgehead atoms. The maximum absolute atomic E-state index is 13.3. The summed E-state index contributed by atoms with van der Waals surface area (Å²) in [5.41, 5.74) is 0.688. The van der Waals surface area contributed by atoms with Crippen LogP contribution in [0.4, 0.5) is 17.3 Å². The van der Waals surface area contributed by atoms with Crippen LogP contribution in [-0.2, 0) is 9.47 Å². The van der Waals surface area contributed by atoms with Gasteiger partial charge in [0.15, 0.2) is 5.65 Å². The van der Waals surface area contributed by atoms with E-state index in [1.807, 2.05) is 19.2 Å². The highest BCUT2D eigenvalue weighted by Gasteiger charge is 2.44. The number of aromatic nitrogens is 4. The molecule has 37 heavy (non-hydrogen) atoms. The van der Waals surface area contributed by atoms with Gasteiger partial charge in [-0.05, 0) is 57.6 Å². The minimum absolute atomic E-state index is 0.0771. The van der Waals surface area contributed by atoms with Crippen LogP contribution in [0.1, 0.15) is 61.8 Å². The van der Waals surface area contributed by atoms with Crippen molar-refractivity contribution in [3.63, 3.8) is 0 Å². The van der Waals surface area contributed by atoms with E-state index < -0.39 is 0 Å². The zero-order chi connectivity index (χ0) is 26.2. The molecule has 11 nitrogen and oxygen atoms in total. The van der Waals surface area contributed by atoms with E-state index in [4.69, 9.17) is 9.47 Å². The Morgan fingerprint density at radius 3 is 2.62 bits per heavy atom. The third-order valence-corrected chi connectivity index (χ3v) is 8.02. The van der Waals surface area contributed by atoms with Gasteiger partial charge >= 0.3 is 0 Å². The van der Waals surface area contributed by atoms with Crippen LogP contribution < -0.4 is 21.5 Å². The number of hydrogen-bond donors (Lipinski definition) is 3. The minimum atomic E-state index is -0.370. The number of hydrogen-bond acceptors (Lipinski definition) is 8. The molecule has 2 aliphatic rings. The molecule has 0 aliphatic heterocycles. The lowest BCUT2D eigenvalue weighted by Gasteiger charge is -2.45. The molecule has 0 aromatic carbocycles. The molecule has 2 atom stereocenters. The molecule has 0 saturated heterocycles. The lowest BCUT2D eigenvalue weighted by molar-refractivity contribution is -0.0828. The molecule has 0 radical (unpaired) electrons. The maximum atomic E-state index is 13.3. The summed E-state index contributed by atoms with van der Waals surface area (Å²) in [5.74, 6) is 0.809. The molecular formula is C26H35N7O4. The van der Waals surface area contributed by atoms with Crippen molar-refractivity contribution in [2.75, 3.05) is 31.9 Å². The van der Waals surface area contributed by atoms with Crippen molar-refractivity contribution in [3.05, 3.63) is 46.5 Å². The Morgan fingerprint density at radius 2 is 1.97 bits per heavy atom. The van der Waals surface area contributed by atoms with Gasteiger partial charge in [-0.2, -0.15) is 9.61 Å². The monoisotopic (exact) mass is 509 g/mol. The molecule has 11 heteroatoms. The quantitative estimate of drug-likeness (QED) is 0.423. The van der Waals surface area contributed by atoms with Crippen molar-refractivity contribution < 1.29 is 14.3 Å². The number of amides is 1. The van der Waals surface area contributed by atoms with Crippen molar-refractivity contribution in [2.45, 2.75) is 69.2 Å². The number of nitrogens with one attached hydrogen (secondary N) is 3. The van der Waals surface area contributed by atoms with Crippen LogP contribution in [-0.4, -0.2) is 64.1 Å². The molecule has 3 N–H and O–H groups in total. The lowest BCUT2D eigenvalue weighted by Crippen LogP contribution is -2.59. The first kappa shape index (κ1) is 25.2. The molecule has 198 valence electrons. The number of ether oxygens (including phenoxy) is 2. The van der Waals surface area contributed by atoms with Gasteiger partial charge in [0.25, 0.3) is 11.5 Å². The first-order valence-electron chi connectivity index (χ1n) is 12.8. The average molecular weight is 510 g/mol. The molecule has 2 aliphatic carbocycles. The standard InChI is InChI=1S/C26H35N7O4/c1-26(37-4)12-11-20(26)30-24(34)18-15-28-33-22(27-2)14-21(31-23(18)33)29-19-6-5-13-32(25(19)35)16-7-9-17(36-3)10-8-16/h5-6,13-17,20,27H,7-12H2,1-4H3,(H,29,31)(H,30,34)/t16?,17?,20?,26-/m0/s1. The number of fused-ring (bicyclic) bond motifs is 1. The van der Waals surface area contributed by atoms with Crippen molar-refractivity contribution in [1.29, 1.82) is 0 Å². The van der Waals surface area contributed by atoms with Gasteiger partial charge in [0.1, 0.15) is 22.9 Å². The van der Waals surface area contributed by atoms with E-state index in [1.54, 1.807) is 42.5 Å². The van der Waals surface area contributed by atoms with Gasteiger partial charge in [0.05, 0.1) is 23.9 Å². The van der Waals surface area contributed by atoms with Crippen LogP contribution in [0.3, 0.4) is 0 Å². The van der Waals surface area contributed by atoms with Crippen LogP contribution in [0.2, 0.25) is 0 Å². The molecule has 1 amide bonds. The van der Waals surface area contributed by atoms with Crippen molar-refractivity contribution >= 4 is 28.9 Å². The smallest absolute Gasteiger partial charge is 0.274 e. The van der Waals surface area contributed by atoms with E-state index in [1.165, 1.54) is 6.20 Å². The normalized spacial score (nSPS) is 25.5. The summed E-state index contributed by atoms with van der Waals surface area (Å²) in [5, 5.41) is 13.7. The summed E-state index contributed by atoms with van der Waals surface area (Å²) < 4.78 is 14.4. The van der Waals surface area contributed by atoms with Crippen molar-refractivity contribution in [3.8, 4) is 0 Å². The van der Waals surface area contributed by atoms with E-state index in [0.717, 1.165) is 38.5 Å². The minimum Gasteiger partial charge on any atom is -0.381 e. The predicted molar refractivity (Wildman–Crippen MR) is 141 cm³/mol. The Hall–Kier alpha value is -3.44. The SMILES string of the molecule is CNc1cc(Nc2cccn(C3CCC(OC)CC3)c2=O)nc2c(C(=O)NC3CC[C@]3(C)OC)cnn12. The van der Waals surface area contributed by atoms with Crippen molar-refractivity contribution in [2.24, 2.45) is 0 Å². The second kappa shape index (κ2) is 10.1. The topological polar surface area (TPSA) is 124 Å². The predicted octanol–water partition coefficient (Wildman–Crippen LogP) is 3.10. The highest BCUT2D eigenvalue weighted by molar-refractivity contribution is 6.00. The number of anilines is 3. The molecule has 2 fully saturated rings. The third kappa shape index (κ3) is 4.69. The second-order valence-electron chi connectivity index (χ2n) is 10.1. The molecule has 2 saturated carbocycles. The van der Waals surface area contributed by atoms with Gasteiger partial charge < -0.3 is 30.0 Å². The van der Waals surface area contributed by atoms with Crippen LogP contribution in [0.25, 0.3) is 5.65 Å². The molecule has 3 aromatic heterocycles. The third-order valence-electron chi connectivity index (χ3n) is 8.02. The number of carbonyl (C=O) groups is 1. The van der Waals surface area contributed by atoms with Crippen LogP contribution in [0.15, 0.2) is 35.4 Å². The fourth-order valence-electron chi connectivity index (χ4n) is 5.36. The molecule has 1 unspecified atom stereocenters. The van der Waals surface area contributed by atoms with Gasteiger partial charge in [0, 0.05) is 39.6 Å².